The number of esters is 1. The Kier molecular flexibility index (Phi) is 10.5. The third-order valence-electron chi connectivity index (χ3n) is 4.28. The highest BCUT2D eigenvalue weighted by atomic mass is 127. The first-order valence-electron chi connectivity index (χ1n) is 9.09. The van der Waals surface area contributed by atoms with Gasteiger partial charge in [-0.15, -0.1) is 24.0 Å². The van der Waals surface area contributed by atoms with Crippen molar-refractivity contribution in [2.24, 2.45) is 10.9 Å². The minimum atomic E-state index is -0.192. The molecule has 0 radical (unpaired) electrons. The van der Waals surface area contributed by atoms with E-state index in [4.69, 9.17) is 4.74 Å². The van der Waals surface area contributed by atoms with E-state index < -0.39 is 0 Å². The molecule has 5 nitrogen and oxygen atoms in total. The van der Waals surface area contributed by atoms with Gasteiger partial charge in [-0.25, -0.2) is 4.39 Å². The van der Waals surface area contributed by atoms with Gasteiger partial charge in [0.05, 0.1) is 12.5 Å². The van der Waals surface area contributed by atoms with Gasteiger partial charge in [-0.05, 0) is 44.7 Å². The minimum Gasteiger partial charge on any atom is -0.466 e. The van der Waals surface area contributed by atoms with E-state index in [-0.39, 0.29) is 41.7 Å². The number of hydrogen-bond acceptors (Lipinski definition) is 3. The van der Waals surface area contributed by atoms with Gasteiger partial charge in [0.15, 0.2) is 5.96 Å². The maximum absolute atomic E-state index is 13.7. The standard InChI is InChI=1S/C19H28FN3O2.HI/c1-3-21-19(22-12-11-15-8-5-6-10-17(15)20)23-13-7-9-16(14-23)18(24)25-4-2;/h5-6,8,10,16H,3-4,7,9,11-14H2,1-2H3,(H,21,22);1H. The van der Waals surface area contributed by atoms with Crippen LogP contribution in [0.3, 0.4) is 0 Å². The van der Waals surface area contributed by atoms with E-state index >= 15 is 0 Å². The Morgan fingerprint density at radius 1 is 1.38 bits per heavy atom. The number of hydrogen-bond donors (Lipinski definition) is 1. The first kappa shape index (κ1) is 22.7. The molecule has 1 aromatic rings. The molecule has 1 unspecified atom stereocenters. The van der Waals surface area contributed by atoms with Crippen LogP contribution in [-0.4, -0.2) is 49.6 Å². The van der Waals surface area contributed by atoms with Crippen LogP contribution in [0.4, 0.5) is 4.39 Å². The summed E-state index contributed by atoms with van der Waals surface area (Å²) >= 11 is 0. The van der Waals surface area contributed by atoms with E-state index in [1.165, 1.54) is 6.07 Å². The molecular weight excluding hydrogens is 448 g/mol. The summed E-state index contributed by atoms with van der Waals surface area (Å²) in [4.78, 5) is 18.7. The fourth-order valence-corrected chi connectivity index (χ4v) is 3.03. The summed E-state index contributed by atoms with van der Waals surface area (Å²) in [6.45, 7) is 6.98. The smallest absolute Gasteiger partial charge is 0.310 e. The summed E-state index contributed by atoms with van der Waals surface area (Å²) in [5, 5.41) is 3.27. The van der Waals surface area contributed by atoms with Gasteiger partial charge in [-0.2, -0.15) is 0 Å². The first-order valence-corrected chi connectivity index (χ1v) is 9.09. The number of carbonyl (C=O) groups excluding carboxylic acids is 1. The number of carbonyl (C=O) groups is 1. The van der Waals surface area contributed by atoms with Crippen LogP contribution in [0.1, 0.15) is 32.3 Å². The summed E-state index contributed by atoms with van der Waals surface area (Å²) in [5.41, 5.74) is 0.671. The number of ether oxygens (including phenoxy) is 1. The number of rotatable bonds is 6. The van der Waals surface area contributed by atoms with Crippen molar-refractivity contribution in [2.45, 2.75) is 33.1 Å². The molecule has 1 N–H and O–H groups in total. The van der Waals surface area contributed by atoms with E-state index in [1.54, 1.807) is 12.1 Å². The highest BCUT2D eigenvalue weighted by molar-refractivity contribution is 14.0. The number of piperidine rings is 1. The second-order valence-corrected chi connectivity index (χ2v) is 6.11. The van der Waals surface area contributed by atoms with Crippen molar-refractivity contribution in [1.82, 2.24) is 10.2 Å². The van der Waals surface area contributed by atoms with Gasteiger partial charge in [0, 0.05) is 26.2 Å². The predicted octanol–water partition coefficient (Wildman–Crippen LogP) is 3.23. The molecule has 1 aliphatic rings. The van der Waals surface area contributed by atoms with Crippen molar-refractivity contribution < 1.29 is 13.9 Å². The minimum absolute atomic E-state index is 0. The van der Waals surface area contributed by atoms with Crippen LogP contribution in [-0.2, 0) is 16.0 Å². The lowest BCUT2D eigenvalue weighted by molar-refractivity contribution is -0.149. The van der Waals surface area contributed by atoms with Crippen molar-refractivity contribution in [3.05, 3.63) is 35.6 Å². The van der Waals surface area contributed by atoms with Crippen LogP contribution in [0, 0.1) is 11.7 Å². The second kappa shape index (κ2) is 12.1. The molecular formula is C19H29FIN3O2. The van der Waals surface area contributed by atoms with Gasteiger partial charge in [-0.1, -0.05) is 18.2 Å². The molecule has 0 bridgehead atoms. The Labute approximate surface area is 172 Å². The van der Waals surface area contributed by atoms with E-state index in [1.807, 2.05) is 19.9 Å². The van der Waals surface area contributed by atoms with Gasteiger partial charge in [0.2, 0.25) is 0 Å². The lowest BCUT2D eigenvalue weighted by Gasteiger charge is -2.34. The van der Waals surface area contributed by atoms with Crippen molar-refractivity contribution >= 4 is 35.9 Å². The summed E-state index contributed by atoms with van der Waals surface area (Å²) in [7, 11) is 0. The van der Waals surface area contributed by atoms with Crippen molar-refractivity contribution in [2.75, 3.05) is 32.8 Å². The van der Waals surface area contributed by atoms with Gasteiger partial charge < -0.3 is 15.0 Å². The number of nitrogens with zero attached hydrogens (tertiary/aromatic N) is 2. The number of likely N-dealkylation sites (tertiary alicyclic amines) is 1. The van der Waals surface area contributed by atoms with E-state index in [9.17, 15) is 9.18 Å². The zero-order valence-corrected chi connectivity index (χ0v) is 17.9. The Morgan fingerprint density at radius 2 is 2.15 bits per heavy atom. The monoisotopic (exact) mass is 477 g/mol. The van der Waals surface area contributed by atoms with Crippen LogP contribution in [0.5, 0.6) is 0 Å². The summed E-state index contributed by atoms with van der Waals surface area (Å²) in [5.74, 6) is 0.356. The molecule has 0 saturated carbocycles. The fraction of sp³-hybridized carbons (Fsp3) is 0.579. The normalized spacial score (nSPS) is 17.4. The van der Waals surface area contributed by atoms with Gasteiger partial charge in [-0.3, -0.25) is 9.79 Å². The average Bonchev–Trinajstić information content (AvgIpc) is 2.63. The zero-order valence-electron chi connectivity index (χ0n) is 15.5. The lowest BCUT2D eigenvalue weighted by Crippen LogP contribution is -2.48. The van der Waals surface area contributed by atoms with Crippen LogP contribution < -0.4 is 5.32 Å². The highest BCUT2D eigenvalue weighted by Crippen LogP contribution is 2.18. The van der Waals surface area contributed by atoms with Crippen molar-refractivity contribution in [3.63, 3.8) is 0 Å². The van der Waals surface area contributed by atoms with Crippen LogP contribution in [0.15, 0.2) is 29.3 Å². The predicted molar refractivity (Wildman–Crippen MR) is 112 cm³/mol. The van der Waals surface area contributed by atoms with Crippen LogP contribution in [0.25, 0.3) is 0 Å². The summed E-state index contributed by atoms with van der Waals surface area (Å²) in [6, 6.07) is 6.78. The molecule has 7 heteroatoms. The maximum Gasteiger partial charge on any atom is 0.310 e. The average molecular weight is 477 g/mol. The van der Waals surface area contributed by atoms with E-state index in [2.05, 4.69) is 15.2 Å². The number of nitrogens with one attached hydrogen (secondary N) is 1. The molecule has 0 amide bonds. The van der Waals surface area contributed by atoms with Gasteiger partial charge in [0.25, 0.3) is 0 Å². The van der Waals surface area contributed by atoms with Crippen LogP contribution in [0.2, 0.25) is 0 Å². The number of guanidine groups is 1. The number of aliphatic imine (C=N–C) groups is 1. The zero-order chi connectivity index (χ0) is 18.1. The molecule has 0 aliphatic carbocycles. The maximum atomic E-state index is 13.7. The molecule has 0 aromatic heterocycles. The molecule has 1 fully saturated rings. The molecule has 2 rings (SSSR count). The fourth-order valence-electron chi connectivity index (χ4n) is 3.03. The van der Waals surface area contributed by atoms with Crippen LogP contribution >= 0.6 is 24.0 Å². The molecule has 1 atom stereocenters. The molecule has 1 saturated heterocycles. The summed E-state index contributed by atoms with van der Waals surface area (Å²) in [6.07, 6.45) is 2.34. The molecule has 1 aromatic carbocycles. The largest absolute Gasteiger partial charge is 0.466 e. The Bertz CT molecular complexity index is 598. The quantitative estimate of drug-likeness (QED) is 0.296. The van der Waals surface area contributed by atoms with Crippen molar-refractivity contribution in [1.29, 1.82) is 0 Å². The number of benzene rings is 1. The third-order valence-corrected chi connectivity index (χ3v) is 4.28. The molecule has 146 valence electrons. The molecule has 1 heterocycles. The Morgan fingerprint density at radius 3 is 2.85 bits per heavy atom. The van der Waals surface area contributed by atoms with E-state index in [0.717, 1.165) is 31.9 Å². The van der Waals surface area contributed by atoms with Gasteiger partial charge in [0.1, 0.15) is 5.82 Å². The van der Waals surface area contributed by atoms with Crippen molar-refractivity contribution in [3.8, 4) is 0 Å². The molecule has 26 heavy (non-hydrogen) atoms. The molecule has 0 spiro atoms. The Hall–Kier alpha value is -1.38. The topological polar surface area (TPSA) is 53.9 Å². The van der Waals surface area contributed by atoms with E-state index in [0.29, 0.717) is 31.7 Å². The van der Waals surface area contributed by atoms with Gasteiger partial charge >= 0.3 is 5.97 Å². The Balaban J connectivity index is 0.00000338. The first-order chi connectivity index (χ1) is 12.2. The lowest BCUT2D eigenvalue weighted by atomic mass is 9.98. The number of halogens is 2. The SMILES string of the molecule is CCNC(=NCCc1ccccc1F)N1CCCC(C(=O)OCC)C1.I. The summed E-state index contributed by atoms with van der Waals surface area (Å²) < 4.78 is 18.9. The highest BCUT2D eigenvalue weighted by Gasteiger charge is 2.28. The second-order valence-electron chi connectivity index (χ2n) is 6.11. The molecule has 1 aliphatic heterocycles. The third kappa shape index (κ3) is 6.74.